The van der Waals surface area contributed by atoms with Gasteiger partial charge >= 0.3 is 0 Å². The lowest BCUT2D eigenvalue weighted by molar-refractivity contribution is 0.589. The van der Waals surface area contributed by atoms with Gasteiger partial charge in [0.25, 0.3) is 0 Å². The quantitative estimate of drug-likeness (QED) is 0.699. The highest BCUT2D eigenvalue weighted by Gasteiger charge is 1.95. The van der Waals surface area contributed by atoms with E-state index in [9.17, 15) is 0 Å². The third-order valence-electron chi connectivity index (χ3n) is 2.54. The minimum absolute atomic E-state index is 0.292. The van der Waals surface area contributed by atoms with Gasteiger partial charge in [0.1, 0.15) is 0 Å². The minimum Gasteiger partial charge on any atom is -0.328 e. The number of aryl methyl sites for hydroxylation is 1. The van der Waals surface area contributed by atoms with Crippen molar-refractivity contribution < 1.29 is 0 Å². The van der Waals surface area contributed by atoms with Gasteiger partial charge in [-0.3, -0.25) is 0 Å². The SMILES string of the molecule is CCc1ccc(CNCCC(C)N)cc1. The average Bonchev–Trinajstić information content (AvgIpc) is 2.25. The summed E-state index contributed by atoms with van der Waals surface area (Å²) >= 11 is 0. The van der Waals surface area contributed by atoms with Crippen LogP contribution in [-0.4, -0.2) is 12.6 Å². The van der Waals surface area contributed by atoms with Gasteiger partial charge in [-0.05, 0) is 37.4 Å². The Hall–Kier alpha value is -0.860. The summed E-state index contributed by atoms with van der Waals surface area (Å²) in [6.07, 6.45) is 2.14. The fourth-order valence-electron chi connectivity index (χ4n) is 1.46. The van der Waals surface area contributed by atoms with Gasteiger partial charge in [-0.15, -0.1) is 0 Å². The van der Waals surface area contributed by atoms with Gasteiger partial charge in [0.05, 0.1) is 0 Å². The van der Waals surface area contributed by atoms with Crippen molar-refractivity contribution in [3.63, 3.8) is 0 Å². The number of benzene rings is 1. The van der Waals surface area contributed by atoms with Crippen LogP contribution in [0.15, 0.2) is 24.3 Å². The Kier molecular flexibility index (Phi) is 5.37. The van der Waals surface area contributed by atoms with E-state index in [2.05, 4.69) is 36.5 Å². The average molecular weight is 206 g/mol. The number of hydrogen-bond acceptors (Lipinski definition) is 2. The Bertz CT molecular complexity index is 264. The lowest BCUT2D eigenvalue weighted by Gasteiger charge is -2.07. The molecular weight excluding hydrogens is 184 g/mol. The molecule has 0 saturated heterocycles. The second kappa shape index (κ2) is 6.59. The summed E-state index contributed by atoms with van der Waals surface area (Å²) in [5.74, 6) is 0. The molecule has 0 spiro atoms. The van der Waals surface area contributed by atoms with Gasteiger partial charge in [-0.1, -0.05) is 31.2 Å². The summed E-state index contributed by atoms with van der Waals surface area (Å²) in [6, 6.07) is 9.07. The van der Waals surface area contributed by atoms with E-state index in [4.69, 9.17) is 5.73 Å². The molecule has 15 heavy (non-hydrogen) atoms. The van der Waals surface area contributed by atoms with E-state index in [1.54, 1.807) is 0 Å². The van der Waals surface area contributed by atoms with Gasteiger partial charge in [0, 0.05) is 12.6 Å². The van der Waals surface area contributed by atoms with Crippen LogP contribution in [0.25, 0.3) is 0 Å². The van der Waals surface area contributed by atoms with Crippen LogP contribution in [-0.2, 0) is 13.0 Å². The highest BCUT2D eigenvalue weighted by Crippen LogP contribution is 2.04. The molecule has 84 valence electrons. The van der Waals surface area contributed by atoms with Crippen molar-refractivity contribution in [3.05, 3.63) is 35.4 Å². The summed E-state index contributed by atoms with van der Waals surface area (Å²) in [4.78, 5) is 0. The molecule has 0 aromatic heterocycles. The zero-order valence-corrected chi connectivity index (χ0v) is 9.79. The van der Waals surface area contributed by atoms with Crippen LogP contribution in [0.3, 0.4) is 0 Å². The number of rotatable bonds is 6. The highest BCUT2D eigenvalue weighted by molar-refractivity contribution is 5.22. The van der Waals surface area contributed by atoms with E-state index < -0.39 is 0 Å². The monoisotopic (exact) mass is 206 g/mol. The molecular formula is C13H22N2. The van der Waals surface area contributed by atoms with Crippen molar-refractivity contribution >= 4 is 0 Å². The van der Waals surface area contributed by atoms with Crippen LogP contribution < -0.4 is 11.1 Å². The Labute approximate surface area is 92.9 Å². The Morgan fingerprint density at radius 3 is 2.33 bits per heavy atom. The fourth-order valence-corrected chi connectivity index (χ4v) is 1.46. The molecule has 1 unspecified atom stereocenters. The molecule has 0 amide bonds. The molecule has 0 bridgehead atoms. The predicted octanol–water partition coefficient (Wildman–Crippen LogP) is 2.08. The van der Waals surface area contributed by atoms with E-state index in [1.807, 2.05) is 6.92 Å². The predicted molar refractivity (Wildman–Crippen MR) is 65.8 cm³/mol. The molecule has 1 rings (SSSR count). The van der Waals surface area contributed by atoms with E-state index in [1.165, 1.54) is 11.1 Å². The molecule has 2 heteroatoms. The lowest BCUT2D eigenvalue weighted by atomic mass is 10.1. The third-order valence-corrected chi connectivity index (χ3v) is 2.54. The maximum absolute atomic E-state index is 5.67. The summed E-state index contributed by atoms with van der Waals surface area (Å²) < 4.78 is 0. The summed E-state index contributed by atoms with van der Waals surface area (Å²) in [5.41, 5.74) is 8.41. The molecule has 2 nitrogen and oxygen atoms in total. The van der Waals surface area contributed by atoms with Crippen LogP contribution in [0, 0.1) is 0 Å². The topological polar surface area (TPSA) is 38.0 Å². The Morgan fingerprint density at radius 2 is 1.80 bits per heavy atom. The minimum atomic E-state index is 0.292. The largest absolute Gasteiger partial charge is 0.328 e. The van der Waals surface area contributed by atoms with Crippen molar-refractivity contribution in [3.8, 4) is 0 Å². The zero-order valence-electron chi connectivity index (χ0n) is 9.79. The third kappa shape index (κ3) is 4.96. The first-order chi connectivity index (χ1) is 7.22. The molecule has 1 aromatic rings. The van der Waals surface area contributed by atoms with Crippen molar-refractivity contribution in [2.45, 2.75) is 39.3 Å². The summed E-state index contributed by atoms with van der Waals surface area (Å²) in [6.45, 7) is 6.15. The highest BCUT2D eigenvalue weighted by atomic mass is 14.9. The first kappa shape index (κ1) is 12.2. The molecule has 1 aromatic carbocycles. The maximum Gasteiger partial charge on any atom is 0.0205 e. The van der Waals surface area contributed by atoms with Gasteiger partial charge in [-0.25, -0.2) is 0 Å². The van der Waals surface area contributed by atoms with Gasteiger partial charge < -0.3 is 11.1 Å². The van der Waals surface area contributed by atoms with E-state index in [0.29, 0.717) is 6.04 Å². The second-order valence-electron chi connectivity index (χ2n) is 4.11. The summed E-state index contributed by atoms with van der Waals surface area (Å²) in [7, 11) is 0. The van der Waals surface area contributed by atoms with Gasteiger partial charge in [-0.2, -0.15) is 0 Å². The smallest absolute Gasteiger partial charge is 0.0205 e. The molecule has 0 heterocycles. The van der Waals surface area contributed by atoms with E-state index >= 15 is 0 Å². The van der Waals surface area contributed by atoms with Gasteiger partial charge in [0.15, 0.2) is 0 Å². The van der Waals surface area contributed by atoms with Crippen molar-refractivity contribution in [2.75, 3.05) is 6.54 Å². The van der Waals surface area contributed by atoms with Crippen molar-refractivity contribution in [2.24, 2.45) is 5.73 Å². The molecule has 0 aliphatic rings. The van der Waals surface area contributed by atoms with Crippen molar-refractivity contribution in [1.82, 2.24) is 5.32 Å². The van der Waals surface area contributed by atoms with E-state index in [0.717, 1.165) is 25.9 Å². The standard InChI is InChI=1S/C13H22N2/c1-3-12-4-6-13(7-5-12)10-15-9-8-11(2)14/h4-7,11,15H,3,8-10,14H2,1-2H3. The maximum atomic E-state index is 5.67. The number of nitrogens with one attached hydrogen (secondary N) is 1. The van der Waals surface area contributed by atoms with E-state index in [-0.39, 0.29) is 0 Å². The molecule has 1 atom stereocenters. The van der Waals surface area contributed by atoms with Crippen molar-refractivity contribution in [1.29, 1.82) is 0 Å². The first-order valence-corrected chi connectivity index (χ1v) is 5.76. The number of nitrogens with two attached hydrogens (primary N) is 1. The van der Waals surface area contributed by atoms with Crippen LogP contribution in [0.4, 0.5) is 0 Å². The summed E-state index contributed by atoms with van der Waals surface area (Å²) in [5, 5.41) is 3.39. The molecule has 0 aliphatic heterocycles. The molecule has 3 N–H and O–H groups in total. The molecule has 0 radical (unpaired) electrons. The van der Waals surface area contributed by atoms with Crippen LogP contribution in [0.5, 0.6) is 0 Å². The molecule has 0 saturated carbocycles. The second-order valence-corrected chi connectivity index (χ2v) is 4.11. The van der Waals surface area contributed by atoms with Crippen LogP contribution in [0.1, 0.15) is 31.4 Å². The molecule has 0 fully saturated rings. The number of hydrogen-bond donors (Lipinski definition) is 2. The zero-order chi connectivity index (χ0) is 11.1. The fraction of sp³-hybridized carbons (Fsp3) is 0.538. The van der Waals surface area contributed by atoms with Crippen LogP contribution >= 0.6 is 0 Å². The first-order valence-electron chi connectivity index (χ1n) is 5.76. The Balaban J connectivity index is 2.25. The lowest BCUT2D eigenvalue weighted by Crippen LogP contribution is -2.23. The Morgan fingerprint density at radius 1 is 1.20 bits per heavy atom. The van der Waals surface area contributed by atoms with Crippen LogP contribution in [0.2, 0.25) is 0 Å². The molecule has 0 aliphatic carbocycles. The normalized spacial score (nSPS) is 12.7. The van der Waals surface area contributed by atoms with Gasteiger partial charge in [0.2, 0.25) is 0 Å².